The molecular formula is C13H11BrN6. The zero-order valence-electron chi connectivity index (χ0n) is 10.3. The molecule has 0 saturated heterocycles. The van der Waals surface area contributed by atoms with Crippen LogP contribution in [0.5, 0.6) is 0 Å². The highest BCUT2D eigenvalue weighted by Crippen LogP contribution is 2.26. The number of nitrogens with one attached hydrogen (secondary N) is 3. The summed E-state index contributed by atoms with van der Waals surface area (Å²) in [7, 11) is 0. The van der Waals surface area contributed by atoms with Gasteiger partial charge in [0, 0.05) is 23.2 Å². The predicted molar refractivity (Wildman–Crippen MR) is 83.6 cm³/mol. The first kappa shape index (κ1) is 12.6. The molecule has 0 aliphatic rings. The molecule has 7 heteroatoms. The number of nitrogen functional groups attached to an aromatic ring is 1. The van der Waals surface area contributed by atoms with E-state index < -0.39 is 0 Å². The molecule has 2 aromatic heterocycles. The molecule has 0 radical (unpaired) electrons. The minimum absolute atomic E-state index is 0.572. The molecule has 0 atom stereocenters. The SMILES string of the molecule is N=Cc1cc(Nc2ncnc3[nH]c(Br)cc23)ccc1N. The Kier molecular flexibility index (Phi) is 3.11. The van der Waals surface area contributed by atoms with E-state index in [1.165, 1.54) is 12.5 Å². The second kappa shape index (κ2) is 4.93. The molecular weight excluding hydrogens is 320 g/mol. The average Bonchev–Trinajstić information content (AvgIpc) is 2.82. The molecule has 1 aromatic carbocycles. The van der Waals surface area contributed by atoms with Crippen LogP contribution in [-0.4, -0.2) is 21.2 Å². The van der Waals surface area contributed by atoms with Gasteiger partial charge in [0.1, 0.15) is 17.8 Å². The lowest BCUT2D eigenvalue weighted by molar-refractivity contribution is 1.19. The first-order valence-corrected chi connectivity index (χ1v) is 6.63. The number of fused-ring (bicyclic) bond motifs is 1. The second-order valence-electron chi connectivity index (χ2n) is 4.21. The molecule has 0 amide bonds. The van der Waals surface area contributed by atoms with Crippen LogP contribution in [-0.2, 0) is 0 Å². The standard InChI is InChI=1S/C13H11BrN6/c14-11-4-9-12(17-6-18-13(9)20-11)19-8-1-2-10(16)7(3-8)5-15/h1-6,15H,16H2,(H2,17,18,19,20). The largest absolute Gasteiger partial charge is 0.398 e. The van der Waals surface area contributed by atoms with Crippen molar-refractivity contribution in [3.63, 3.8) is 0 Å². The quantitative estimate of drug-likeness (QED) is 0.437. The van der Waals surface area contributed by atoms with Gasteiger partial charge in [-0.3, -0.25) is 0 Å². The lowest BCUT2D eigenvalue weighted by Crippen LogP contribution is -1.98. The summed E-state index contributed by atoms with van der Waals surface area (Å²) < 4.78 is 0.841. The Morgan fingerprint density at radius 1 is 1.30 bits per heavy atom. The third-order valence-electron chi connectivity index (χ3n) is 2.90. The predicted octanol–water partition coefficient (Wildman–Crippen LogP) is 3.04. The van der Waals surface area contributed by atoms with Gasteiger partial charge in [-0.15, -0.1) is 0 Å². The van der Waals surface area contributed by atoms with Crippen molar-refractivity contribution >= 4 is 50.4 Å². The van der Waals surface area contributed by atoms with E-state index in [-0.39, 0.29) is 0 Å². The average molecular weight is 331 g/mol. The van der Waals surface area contributed by atoms with E-state index in [1.54, 1.807) is 12.1 Å². The summed E-state index contributed by atoms with van der Waals surface area (Å²) in [6.45, 7) is 0. The molecule has 3 rings (SSSR count). The van der Waals surface area contributed by atoms with Gasteiger partial charge in [0.2, 0.25) is 0 Å². The summed E-state index contributed by atoms with van der Waals surface area (Å²) in [6.07, 6.45) is 2.71. The van der Waals surface area contributed by atoms with E-state index in [0.29, 0.717) is 17.1 Å². The number of hydrogen-bond donors (Lipinski definition) is 4. The molecule has 2 heterocycles. The van der Waals surface area contributed by atoms with Gasteiger partial charge in [-0.2, -0.15) is 0 Å². The number of aromatic amines is 1. The fraction of sp³-hybridized carbons (Fsp3) is 0. The Bertz CT molecular complexity index is 795. The Labute approximate surface area is 123 Å². The van der Waals surface area contributed by atoms with Gasteiger partial charge < -0.3 is 21.4 Å². The highest BCUT2D eigenvalue weighted by molar-refractivity contribution is 9.10. The molecule has 0 aliphatic carbocycles. The minimum Gasteiger partial charge on any atom is -0.398 e. The lowest BCUT2D eigenvalue weighted by Gasteiger charge is -2.08. The van der Waals surface area contributed by atoms with Crippen LogP contribution < -0.4 is 11.1 Å². The maximum absolute atomic E-state index is 7.33. The van der Waals surface area contributed by atoms with E-state index >= 15 is 0 Å². The van der Waals surface area contributed by atoms with Crippen molar-refractivity contribution in [3.8, 4) is 0 Å². The highest BCUT2D eigenvalue weighted by Gasteiger charge is 2.07. The van der Waals surface area contributed by atoms with Crippen LogP contribution >= 0.6 is 15.9 Å². The molecule has 100 valence electrons. The van der Waals surface area contributed by atoms with E-state index in [4.69, 9.17) is 11.1 Å². The van der Waals surface area contributed by atoms with Crippen molar-refractivity contribution in [2.24, 2.45) is 0 Å². The second-order valence-corrected chi connectivity index (χ2v) is 5.07. The van der Waals surface area contributed by atoms with Crippen LogP contribution in [0, 0.1) is 5.41 Å². The van der Waals surface area contributed by atoms with Crippen LogP contribution in [0.3, 0.4) is 0 Å². The molecule has 0 spiro atoms. The van der Waals surface area contributed by atoms with Crippen molar-refractivity contribution in [2.75, 3.05) is 11.1 Å². The molecule has 6 nitrogen and oxygen atoms in total. The summed E-state index contributed by atoms with van der Waals surface area (Å²) in [5, 5.41) is 11.4. The molecule has 0 fully saturated rings. The number of rotatable bonds is 3. The van der Waals surface area contributed by atoms with Crippen LogP contribution in [0.15, 0.2) is 35.2 Å². The van der Waals surface area contributed by atoms with Crippen LogP contribution in [0.25, 0.3) is 11.0 Å². The first-order chi connectivity index (χ1) is 9.67. The number of anilines is 3. The Hall–Kier alpha value is -2.41. The third kappa shape index (κ3) is 2.23. The van der Waals surface area contributed by atoms with Crippen molar-refractivity contribution in [1.82, 2.24) is 15.0 Å². The molecule has 3 aromatic rings. The monoisotopic (exact) mass is 330 g/mol. The summed E-state index contributed by atoms with van der Waals surface area (Å²) in [4.78, 5) is 11.5. The molecule has 5 N–H and O–H groups in total. The van der Waals surface area contributed by atoms with E-state index in [9.17, 15) is 0 Å². The van der Waals surface area contributed by atoms with Gasteiger partial charge in [-0.25, -0.2) is 9.97 Å². The number of benzene rings is 1. The summed E-state index contributed by atoms with van der Waals surface area (Å²) in [5.41, 5.74) is 8.57. The number of nitrogens with two attached hydrogens (primary N) is 1. The van der Waals surface area contributed by atoms with Gasteiger partial charge in [0.15, 0.2) is 0 Å². The summed E-state index contributed by atoms with van der Waals surface area (Å²) >= 11 is 3.38. The fourth-order valence-corrected chi connectivity index (χ4v) is 2.34. The topological polar surface area (TPSA) is 103 Å². The smallest absolute Gasteiger partial charge is 0.143 e. The molecule has 0 saturated carbocycles. The number of hydrogen-bond acceptors (Lipinski definition) is 5. The highest BCUT2D eigenvalue weighted by atomic mass is 79.9. The lowest BCUT2D eigenvalue weighted by atomic mass is 10.1. The fourth-order valence-electron chi connectivity index (χ4n) is 1.92. The molecule has 0 bridgehead atoms. The Morgan fingerprint density at radius 3 is 2.95 bits per heavy atom. The Morgan fingerprint density at radius 2 is 2.15 bits per heavy atom. The van der Waals surface area contributed by atoms with Gasteiger partial charge in [0.05, 0.1) is 9.99 Å². The van der Waals surface area contributed by atoms with E-state index in [2.05, 4.69) is 36.2 Å². The zero-order chi connectivity index (χ0) is 14.1. The van der Waals surface area contributed by atoms with Gasteiger partial charge in [-0.1, -0.05) is 0 Å². The molecule has 0 unspecified atom stereocenters. The number of aromatic nitrogens is 3. The van der Waals surface area contributed by atoms with Gasteiger partial charge in [-0.05, 0) is 40.2 Å². The number of halogens is 1. The maximum Gasteiger partial charge on any atom is 0.143 e. The molecule has 0 aliphatic heterocycles. The van der Waals surface area contributed by atoms with Gasteiger partial charge in [0.25, 0.3) is 0 Å². The molecule has 20 heavy (non-hydrogen) atoms. The van der Waals surface area contributed by atoms with E-state index in [0.717, 1.165) is 21.3 Å². The van der Waals surface area contributed by atoms with Crippen molar-refractivity contribution in [3.05, 3.63) is 40.8 Å². The number of nitrogens with zero attached hydrogens (tertiary/aromatic N) is 2. The van der Waals surface area contributed by atoms with Gasteiger partial charge >= 0.3 is 0 Å². The normalized spacial score (nSPS) is 10.7. The maximum atomic E-state index is 7.33. The summed E-state index contributed by atoms with van der Waals surface area (Å²) in [5.74, 6) is 0.692. The zero-order valence-corrected chi connectivity index (χ0v) is 11.9. The van der Waals surface area contributed by atoms with Crippen LogP contribution in [0.2, 0.25) is 0 Å². The van der Waals surface area contributed by atoms with Crippen molar-refractivity contribution in [1.29, 1.82) is 5.41 Å². The summed E-state index contributed by atoms with van der Waals surface area (Å²) in [6, 6.07) is 7.32. The van der Waals surface area contributed by atoms with Crippen molar-refractivity contribution in [2.45, 2.75) is 0 Å². The Balaban J connectivity index is 2.02. The van der Waals surface area contributed by atoms with Crippen molar-refractivity contribution < 1.29 is 0 Å². The van der Waals surface area contributed by atoms with E-state index in [1.807, 2.05) is 12.1 Å². The number of H-pyrrole nitrogens is 1. The van der Waals surface area contributed by atoms with Crippen LogP contribution in [0.1, 0.15) is 5.56 Å². The van der Waals surface area contributed by atoms with Crippen LogP contribution in [0.4, 0.5) is 17.2 Å². The third-order valence-corrected chi connectivity index (χ3v) is 3.32. The first-order valence-electron chi connectivity index (χ1n) is 5.83. The minimum atomic E-state index is 0.572.